The minimum Gasteiger partial charge on any atom is -0.475 e. The van der Waals surface area contributed by atoms with E-state index in [4.69, 9.17) is 9.52 Å². The molecule has 1 amide bonds. The van der Waals surface area contributed by atoms with E-state index in [1.165, 1.54) is 24.2 Å². The zero-order valence-corrected chi connectivity index (χ0v) is 12.3. The Morgan fingerprint density at radius 2 is 2.25 bits per heavy atom. The molecule has 1 aromatic heterocycles. The number of piperidine rings is 1. The second-order valence-corrected chi connectivity index (χ2v) is 5.84. The maximum Gasteiger partial charge on any atom is 0.371 e. The van der Waals surface area contributed by atoms with Crippen LogP contribution in [0.2, 0.25) is 0 Å². The van der Waals surface area contributed by atoms with Crippen molar-refractivity contribution in [2.24, 2.45) is 0 Å². The van der Waals surface area contributed by atoms with Crippen molar-refractivity contribution < 1.29 is 19.1 Å². The molecule has 1 fully saturated rings. The summed E-state index contributed by atoms with van der Waals surface area (Å²) < 4.78 is 5.13. The lowest BCUT2D eigenvalue weighted by molar-refractivity contribution is -0.132. The molecule has 6 heteroatoms. The lowest BCUT2D eigenvalue weighted by Gasteiger charge is -2.35. The van der Waals surface area contributed by atoms with Crippen LogP contribution in [0.15, 0.2) is 21.6 Å². The fraction of sp³-hybridized carbons (Fsp3) is 0.571. The molecule has 1 aliphatic heterocycles. The maximum absolute atomic E-state index is 12.2. The van der Waals surface area contributed by atoms with Crippen molar-refractivity contribution in [1.82, 2.24) is 4.90 Å². The molecule has 2 rings (SSSR count). The van der Waals surface area contributed by atoms with E-state index in [0.717, 1.165) is 25.8 Å². The van der Waals surface area contributed by atoms with E-state index >= 15 is 0 Å². The highest BCUT2D eigenvalue weighted by Gasteiger charge is 2.25. The molecule has 0 saturated carbocycles. The number of carboxylic acid groups (broad SMARTS) is 1. The van der Waals surface area contributed by atoms with Gasteiger partial charge in [0.25, 0.3) is 0 Å². The lowest BCUT2D eigenvalue weighted by Crippen LogP contribution is -2.44. The number of amides is 1. The fourth-order valence-electron chi connectivity index (χ4n) is 2.48. The Kier molecular flexibility index (Phi) is 5.11. The van der Waals surface area contributed by atoms with Crippen LogP contribution in [-0.2, 0) is 4.79 Å². The summed E-state index contributed by atoms with van der Waals surface area (Å²) in [6.45, 7) is 2.94. The Bertz CT molecular complexity index is 485. The topological polar surface area (TPSA) is 70.8 Å². The van der Waals surface area contributed by atoms with E-state index in [9.17, 15) is 9.59 Å². The van der Waals surface area contributed by atoms with Crippen LogP contribution in [0.3, 0.4) is 0 Å². The first-order valence-electron chi connectivity index (χ1n) is 6.87. The number of nitrogens with zero attached hydrogens (tertiary/aromatic N) is 1. The Hall–Kier alpha value is -1.43. The monoisotopic (exact) mass is 297 g/mol. The smallest absolute Gasteiger partial charge is 0.371 e. The van der Waals surface area contributed by atoms with Gasteiger partial charge in [-0.15, -0.1) is 0 Å². The first-order valence-corrected chi connectivity index (χ1v) is 7.85. The Labute approximate surface area is 122 Å². The third kappa shape index (κ3) is 3.56. The average molecular weight is 297 g/mol. The van der Waals surface area contributed by atoms with E-state index in [1.807, 2.05) is 4.90 Å². The van der Waals surface area contributed by atoms with E-state index < -0.39 is 5.97 Å². The first-order chi connectivity index (χ1) is 9.61. The summed E-state index contributed by atoms with van der Waals surface area (Å²) in [7, 11) is 0. The molecule has 1 saturated heterocycles. The number of aromatic carboxylic acids is 1. The number of likely N-dealkylation sites (tertiary alicyclic amines) is 1. The molecule has 0 aliphatic carbocycles. The van der Waals surface area contributed by atoms with Gasteiger partial charge in [-0.1, -0.05) is 18.7 Å². The molecule has 0 spiro atoms. The van der Waals surface area contributed by atoms with Gasteiger partial charge in [0, 0.05) is 12.6 Å². The summed E-state index contributed by atoms with van der Waals surface area (Å²) in [5, 5.41) is 9.24. The van der Waals surface area contributed by atoms with Crippen LogP contribution in [-0.4, -0.2) is 40.2 Å². The van der Waals surface area contributed by atoms with Crippen molar-refractivity contribution in [3.8, 4) is 0 Å². The molecule has 0 radical (unpaired) electrons. The number of rotatable bonds is 5. The normalized spacial score (nSPS) is 19.1. The standard InChI is InChI=1S/C14H19NO4S/c1-2-10-5-3-4-8-15(10)12(16)9-20-13-7-6-11(19-13)14(17)18/h6-7,10H,2-5,8-9H2,1H3,(H,17,18). The van der Waals surface area contributed by atoms with Crippen LogP contribution >= 0.6 is 11.8 Å². The summed E-state index contributed by atoms with van der Waals surface area (Å²) in [5.74, 6) is -0.785. The molecule has 0 bridgehead atoms. The zero-order valence-electron chi connectivity index (χ0n) is 11.5. The molecule has 5 nitrogen and oxygen atoms in total. The predicted molar refractivity (Wildman–Crippen MR) is 76.0 cm³/mol. The fourth-order valence-corrected chi connectivity index (χ4v) is 3.23. The number of hydrogen-bond acceptors (Lipinski definition) is 4. The Balaban J connectivity index is 1.88. The van der Waals surface area contributed by atoms with Crippen LogP contribution in [0.25, 0.3) is 0 Å². The zero-order chi connectivity index (χ0) is 14.5. The highest BCUT2D eigenvalue weighted by Crippen LogP contribution is 2.24. The van der Waals surface area contributed by atoms with Gasteiger partial charge in [0.2, 0.25) is 11.7 Å². The molecule has 0 aromatic carbocycles. The Morgan fingerprint density at radius 3 is 2.90 bits per heavy atom. The molecule has 1 aromatic rings. The largest absolute Gasteiger partial charge is 0.475 e. The van der Waals surface area contributed by atoms with Crippen molar-refractivity contribution in [3.63, 3.8) is 0 Å². The summed E-state index contributed by atoms with van der Waals surface area (Å²) in [5.41, 5.74) is 0. The van der Waals surface area contributed by atoms with Gasteiger partial charge >= 0.3 is 5.97 Å². The molecule has 20 heavy (non-hydrogen) atoms. The van der Waals surface area contributed by atoms with Gasteiger partial charge < -0.3 is 14.4 Å². The maximum atomic E-state index is 12.2. The minimum atomic E-state index is -1.09. The molecule has 1 aliphatic rings. The number of hydrogen-bond donors (Lipinski definition) is 1. The number of carbonyl (C=O) groups excluding carboxylic acids is 1. The van der Waals surface area contributed by atoms with Crippen molar-refractivity contribution in [2.45, 2.75) is 43.7 Å². The number of carboxylic acids is 1. The van der Waals surface area contributed by atoms with Crippen LogP contribution in [0.4, 0.5) is 0 Å². The number of thioether (sulfide) groups is 1. The third-order valence-electron chi connectivity index (χ3n) is 3.55. The second-order valence-electron chi connectivity index (χ2n) is 4.86. The molecular weight excluding hydrogens is 278 g/mol. The van der Waals surface area contributed by atoms with Gasteiger partial charge in [0.15, 0.2) is 5.09 Å². The second kappa shape index (κ2) is 6.83. The molecule has 1 N–H and O–H groups in total. The number of furan rings is 1. The first kappa shape index (κ1) is 15.0. The molecule has 2 heterocycles. The van der Waals surface area contributed by atoms with Gasteiger partial charge in [0.1, 0.15) is 0 Å². The Morgan fingerprint density at radius 1 is 1.45 bits per heavy atom. The van der Waals surface area contributed by atoms with Crippen molar-refractivity contribution >= 4 is 23.6 Å². The highest BCUT2D eigenvalue weighted by molar-refractivity contribution is 7.99. The molecule has 110 valence electrons. The summed E-state index contributed by atoms with van der Waals surface area (Å²) >= 11 is 1.25. The van der Waals surface area contributed by atoms with Crippen LogP contribution < -0.4 is 0 Å². The van der Waals surface area contributed by atoms with Gasteiger partial charge in [0.05, 0.1) is 5.75 Å². The van der Waals surface area contributed by atoms with Crippen LogP contribution in [0.1, 0.15) is 43.2 Å². The van der Waals surface area contributed by atoms with Gasteiger partial charge in [-0.3, -0.25) is 4.79 Å². The van der Waals surface area contributed by atoms with E-state index in [2.05, 4.69) is 6.92 Å². The number of carbonyl (C=O) groups is 2. The van der Waals surface area contributed by atoms with E-state index in [1.54, 1.807) is 6.07 Å². The lowest BCUT2D eigenvalue weighted by atomic mass is 10.0. The average Bonchev–Trinajstić information content (AvgIpc) is 2.94. The third-order valence-corrected chi connectivity index (χ3v) is 4.44. The quantitative estimate of drug-likeness (QED) is 0.846. The highest BCUT2D eigenvalue weighted by atomic mass is 32.2. The van der Waals surface area contributed by atoms with Gasteiger partial charge in [-0.25, -0.2) is 4.79 Å². The summed E-state index contributed by atoms with van der Waals surface area (Å²) in [6.07, 6.45) is 4.32. The van der Waals surface area contributed by atoms with Gasteiger partial charge in [-0.2, -0.15) is 0 Å². The van der Waals surface area contributed by atoms with Crippen molar-refractivity contribution in [2.75, 3.05) is 12.3 Å². The van der Waals surface area contributed by atoms with E-state index in [0.29, 0.717) is 16.9 Å². The van der Waals surface area contributed by atoms with Crippen molar-refractivity contribution in [3.05, 3.63) is 17.9 Å². The van der Waals surface area contributed by atoms with Crippen molar-refractivity contribution in [1.29, 1.82) is 0 Å². The summed E-state index contributed by atoms with van der Waals surface area (Å²) in [6, 6.07) is 3.35. The van der Waals surface area contributed by atoms with E-state index in [-0.39, 0.29) is 11.7 Å². The predicted octanol–water partition coefficient (Wildman–Crippen LogP) is 2.86. The SMILES string of the molecule is CCC1CCCCN1C(=O)CSc1ccc(C(=O)O)o1. The summed E-state index contributed by atoms with van der Waals surface area (Å²) in [4.78, 5) is 24.9. The van der Waals surface area contributed by atoms with Crippen LogP contribution in [0.5, 0.6) is 0 Å². The molecule has 1 atom stereocenters. The van der Waals surface area contributed by atoms with Gasteiger partial charge in [-0.05, 0) is 37.8 Å². The molecular formula is C14H19NO4S. The molecule has 1 unspecified atom stereocenters. The minimum absolute atomic E-state index is 0.0932. The van der Waals surface area contributed by atoms with Crippen LogP contribution in [0, 0.1) is 0 Å².